The van der Waals surface area contributed by atoms with Crippen molar-refractivity contribution in [2.24, 2.45) is 0 Å². The van der Waals surface area contributed by atoms with E-state index in [0.29, 0.717) is 6.54 Å². The van der Waals surface area contributed by atoms with E-state index in [1.54, 1.807) is 0 Å². The molecule has 0 aliphatic carbocycles. The summed E-state index contributed by atoms with van der Waals surface area (Å²) in [4.78, 5) is 11.3. The van der Waals surface area contributed by atoms with Crippen LogP contribution in [-0.4, -0.2) is 11.7 Å². The molecule has 0 unspecified atom stereocenters. The van der Waals surface area contributed by atoms with Gasteiger partial charge in [-0.25, -0.2) is 10.2 Å². The highest BCUT2D eigenvalue weighted by Gasteiger charge is 2.15. The van der Waals surface area contributed by atoms with E-state index in [9.17, 15) is 4.79 Å². The highest BCUT2D eigenvalue weighted by Crippen LogP contribution is 2.08. The number of furan rings is 1. The molecule has 0 fully saturated rings. The normalized spacial score (nSPS) is 11.3. The van der Waals surface area contributed by atoms with Gasteiger partial charge in [-0.3, -0.25) is 5.43 Å². The monoisotopic (exact) mass is 240 g/mol. The van der Waals surface area contributed by atoms with Gasteiger partial charge in [0.2, 0.25) is 0 Å². The minimum Gasteiger partial charge on any atom is -0.465 e. The number of carbonyl (C=O) groups is 1. The molecule has 0 bridgehead atoms. The summed E-state index contributed by atoms with van der Waals surface area (Å²) in [5.41, 5.74) is 4.69. The minimum absolute atomic E-state index is 0.430. The average molecular weight is 240 g/mol. The fourth-order valence-electron chi connectivity index (χ4n) is 1.21. The number of ether oxygens (including phenoxy) is 1. The first-order valence-electron chi connectivity index (χ1n) is 5.70. The van der Waals surface area contributed by atoms with Gasteiger partial charge in [0.25, 0.3) is 0 Å². The molecule has 0 saturated heterocycles. The summed E-state index contributed by atoms with van der Waals surface area (Å²) in [6, 6.07) is 3.80. The van der Waals surface area contributed by atoms with E-state index in [1.165, 1.54) is 0 Å². The zero-order chi connectivity index (χ0) is 12.9. The molecule has 1 heterocycles. The van der Waals surface area contributed by atoms with E-state index >= 15 is 0 Å². The lowest BCUT2D eigenvalue weighted by atomic mass is 10.2. The van der Waals surface area contributed by atoms with Gasteiger partial charge < -0.3 is 9.15 Å². The summed E-state index contributed by atoms with van der Waals surface area (Å²) < 4.78 is 10.5. The highest BCUT2D eigenvalue weighted by atomic mass is 16.6. The fraction of sp³-hybridized carbons (Fsp3) is 0.583. The van der Waals surface area contributed by atoms with Crippen molar-refractivity contribution in [3.05, 3.63) is 23.7 Å². The Morgan fingerprint density at radius 1 is 1.35 bits per heavy atom. The topological polar surface area (TPSA) is 63.5 Å². The Bertz CT molecular complexity index is 366. The highest BCUT2D eigenvalue weighted by molar-refractivity contribution is 5.66. The predicted molar refractivity (Wildman–Crippen MR) is 64.3 cm³/mol. The summed E-state index contributed by atoms with van der Waals surface area (Å²) >= 11 is 0. The first kappa shape index (κ1) is 13.6. The Kier molecular flexibility index (Phi) is 4.57. The molecule has 0 aliphatic heterocycles. The molecule has 0 aliphatic rings. The van der Waals surface area contributed by atoms with Crippen LogP contribution in [-0.2, 0) is 17.7 Å². The van der Waals surface area contributed by atoms with Crippen molar-refractivity contribution in [2.75, 3.05) is 0 Å². The maximum absolute atomic E-state index is 11.3. The summed E-state index contributed by atoms with van der Waals surface area (Å²) in [5.74, 6) is 1.71. The quantitative estimate of drug-likeness (QED) is 0.793. The maximum Gasteiger partial charge on any atom is 0.422 e. The second-order valence-electron chi connectivity index (χ2n) is 4.70. The molecule has 0 spiro atoms. The molecule has 1 aromatic rings. The molecule has 1 amide bonds. The molecule has 0 aromatic carbocycles. The Morgan fingerprint density at radius 2 is 2.00 bits per heavy atom. The van der Waals surface area contributed by atoms with Crippen molar-refractivity contribution in [1.29, 1.82) is 0 Å². The number of hydrogen-bond acceptors (Lipinski definition) is 4. The van der Waals surface area contributed by atoms with E-state index in [4.69, 9.17) is 9.15 Å². The summed E-state index contributed by atoms with van der Waals surface area (Å²) in [6.45, 7) is 7.89. The lowest BCUT2D eigenvalue weighted by Crippen LogP contribution is -2.40. The zero-order valence-corrected chi connectivity index (χ0v) is 10.8. The molecule has 1 rings (SSSR count). The second kappa shape index (κ2) is 5.72. The lowest BCUT2D eigenvalue weighted by Gasteiger charge is -2.19. The zero-order valence-electron chi connectivity index (χ0n) is 10.8. The number of nitrogens with one attached hydrogen (secondary N) is 2. The lowest BCUT2D eigenvalue weighted by molar-refractivity contribution is 0.0495. The number of amides is 1. The molecule has 5 nitrogen and oxygen atoms in total. The first-order chi connectivity index (χ1) is 7.90. The molecule has 2 N–H and O–H groups in total. The molecule has 0 atom stereocenters. The number of aryl methyl sites for hydroxylation is 1. The summed E-state index contributed by atoms with van der Waals surface area (Å²) in [7, 11) is 0. The molecule has 0 saturated carbocycles. The Hall–Kier alpha value is -1.49. The fourth-order valence-corrected chi connectivity index (χ4v) is 1.21. The van der Waals surface area contributed by atoms with Crippen molar-refractivity contribution in [1.82, 2.24) is 10.9 Å². The number of hydrazine groups is 1. The van der Waals surface area contributed by atoms with E-state index < -0.39 is 11.7 Å². The van der Waals surface area contributed by atoms with E-state index in [-0.39, 0.29) is 0 Å². The van der Waals surface area contributed by atoms with Crippen LogP contribution in [0.1, 0.15) is 39.2 Å². The Balaban J connectivity index is 2.26. The van der Waals surface area contributed by atoms with Gasteiger partial charge in [0.05, 0.1) is 6.54 Å². The van der Waals surface area contributed by atoms with Crippen LogP contribution in [0.4, 0.5) is 4.79 Å². The molecule has 1 aromatic heterocycles. The smallest absolute Gasteiger partial charge is 0.422 e. The van der Waals surface area contributed by atoms with E-state index in [2.05, 4.69) is 10.9 Å². The van der Waals surface area contributed by atoms with Crippen LogP contribution in [0.15, 0.2) is 16.5 Å². The average Bonchev–Trinajstić information content (AvgIpc) is 2.63. The van der Waals surface area contributed by atoms with Crippen molar-refractivity contribution in [3.8, 4) is 0 Å². The van der Waals surface area contributed by atoms with Gasteiger partial charge in [0.15, 0.2) is 0 Å². The maximum atomic E-state index is 11.3. The van der Waals surface area contributed by atoms with Crippen LogP contribution in [0.5, 0.6) is 0 Å². The first-order valence-corrected chi connectivity index (χ1v) is 5.70. The molecular weight excluding hydrogens is 220 g/mol. The Labute approximate surface area is 101 Å². The molecule has 5 heteroatoms. The summed E-state index contributed by atoms with van der Waals surface area (Å²) in [6.07, 6.45) is 0.360. The summed E-state index contributed by atoms with van der Waals surface area (Å²) in [5, 5.41) is 0. The van der Waals surface area contributed by atoms with Gasteiger partial charge in [-0.1, -0.05) is 6.92 Å². The van der Waals surface area contributed by atoms with Crippen molar-refractivity contribution < 1.29 is 13.9 Å². The van der Waals surface area contributed by atoms with Crippen molar-refractivity contribution >= 4 is 6.09 Å². The van der Waals surface area contributed by atoms with E-state index in [0.717, 1.165) is 17.9 Å². The third kappa shape index (κ3) is 5.40. The van der Waals surface area contributed by atoms with Crippen LogP contribution < -0.4 is 10.9 Å². The van der Waals surface area contributed by atoms with Crippen LogP contribution >= 0.6 is 0 Å². The number of carbonyl (C=O) groups excluding carboxylic acids is 1. The molecular formula is C12H20N2O3. The Morgan fingerprint density at radius 3 is 2.53 bits per heavy atom. The van der Waals surface area contributed by atoms with Gasteiger partial charge >= 0.3 is 6.09 Å². The van der Waals surface area contributed by atoms with Crippen LogP contribution in [0.2, 0.25) is 0 Å². The second-order valence-corrected chi connectivity index (χ2v) is 4.70. The third-order valence-corrected chi connectivity index (χ3v) is 1.92. The van der Waals surface area contributed by atoms with Crippen molar-refractivity contribution in [3.63, 3.8) is 0 Å². The molecule has 0 radical (unpaired) electrons. The van der Waals surface area contributed by atoms with Crippen LogP contribution in [0.25, 0.3) is 0 Å². The number of rotatable bonds is 4. The van der Waals surface area contributed by atoms with Gasteiger partial charge in [-0.15, -0.1) is 0 Å². The van der Waals surface area contributed by atoms with Gasteiger partial charge in [0, 0.05) is 6.42 Å². The predicted octanol–water partition coefficient (Wildman–Crippen LogP) is 2.37. The SMILES string of the molecule is CCc1ccc(CNNC(=O)OC(C)(C)C)o1. The minimum atomic E-state index is -0.500. The van der Waals surface area contributed by atoms with Gasteiger partial charge in [-0.05, 0) is 32.9 Å². The van der Waals surface area contributed by atoms with Crippen molar-refractivity contribution in [2.45, 2.75) is 46.3 Å². The third-order valence-electron chi connectivity index (χ3n) is 1.92. The molecule has 96 valence electrons. The van der Waals surface area contributed by atoms with Gasteiger partial charge in [0.1, 0.15) is 17.1 Å². The molecule has 17 heavy (non-hydrogen) atoms. The van der Waals surface area contributed by atoms with Crippen LogP contribution in [0, 0.1) is 0 Å². The number of hydrogen-bond donors (Lipinski definition) is 2. The van der Waals surface area contributed by atoms with Gasteiger partial charge in [-0.2, -0.15) is 0 Å². The standard InChI is InChI=1S/C12H20N2O3/c1-5-9-6-7-10(16-9)8-13-14-11(15)17-12(2,3)4/h6-7,13H,5,8H2,1-4H3,(H,14,15). The van der Waals surface area contributed by atoms with Crippen LogP contribution in [0.3, 0.4) is 0 Å². The largest absolute Gasteiger partial charge is 0.465 e. The van der Waals surface area contributed by atoms with E-state index in [1.807, 2.05) is 39.8 Å².